The molecule has 0 heterocycles. The minimum absolute atomic E-state index is 0.0380. The van der Waals surface area contributed by atoms with Crippen LogP contribution in [0.1, 0.15) is 309 Å². The highest BCUT2D eigenvalue weighted by Crippen LogP contribution is 2.38. The molecule has 0 aliphatic rings. The lowest BCUT2D eigenvalue weighted by Crippen LogP contribution is -2.37. The Kier molecular flexibility index (Phi) is 68.0. The van der Waals surface area contributed by atoms with Crippen molar-refractivity contribution in [3.63, 3.8) is 0 Å². The maximum atomic E-state index is 12.9. The van der Waals surface area contributed by atoms with Crippen LogP contribution >= 0.6 is 7.82 Å². The fourth-order valence-corrected chi connectivity index (χ4v) is 10.9. The fraction of sp³-hybridized carbons (Fsp3) is 0.683. The van der Waals surface area contributed by atoms with Gasteiger partial charge in [-0.15, -0.1) is 0 Å². The first-order valence-electron chi connectivity index (χ1n) is 37.5. The number of ether oxygens (including phenoxy) is 2. The van der Waals surface area contributed by atoms with Crippen molar-refractivity contribution in [1.29, 1.82) is 0 Å². The molecule has 0 bridgehead atoms. The molecule has 0 amide bonds. The Hall–Kier alpha value is -4.11. The Bertz CT molecular complexity index is 2070. The summed E-state index contributed by atoms with van der Waals surface area (Å²) in [5, 5.41) is 0. The van der Waals surface area contributed by atoms with Crippen LogP contribution in [0.15, 0.2) is 146 Å². The van der Waals surface area contributed by atoms with Gasteiger partial charge in [0.2, 0.25) is 0 Å². The van der Waals surface area contributed by atoms with Gasteiger partial charge >= 0.3 is 11.9 Å². The lowest BCUT2D eigenvalue weighted by molar-refractivity contribution is -0.870. The van der Waals surface area contributed by atoms with E-state index in [1.165, 1.54) is 161 Å². The minimum Gasteiger partial charge on any atom is -0.756 e. The van der Waals surface area contributed by atoms with Gasteiger partial charge in [-0.05, 0) is 122 Å². The van der Waals surface area contributed by atoms with E-state index in [2.05, 4.69) is 160 Å². The Morgan fingerprint density at radius 3 is 0.924 bits per heavy atom. The van der Waals surface area contributed by atoms with E-state index in [9.17, 15) is 19.0 Å². The quantitative estimate of drug-likeness (QED) is 0.0195. The predicted octanol–water partition coefficient (Wildman–Crippen LogP) is 24.3. The number of carbonyl (C=O) groups is 2. The zero-order valence-electron chi connectivity index (χ0n) is 59.9. The molecule has 92 heavy (non-hydrogen) atoms. The second-order valence-corrected chi connectivity index (χ2v) is 27.3. The molecule has 0 aliphatic heterocycles. The molecule has 0 aliphatic carbocycles. The Morgan fingerprint density at radius 1 is 0.348 bits per heavy atom. The largest absolute Gasteiger partial charge is 0.756 e. The van der Waals surface area contributed by atoms with Crippen molar-refractivity contribution in [3.05, 3.63) is 146 Å². The van der Waals surface area contributed by atoms with Crippen LogP contribution in [-0.2, 0) is 32.7 Å². The number of nitrogens with zero attached hydrogens (tertiary/aromatic N) is 1. The molecule has 0 saturated heterocycles. The molecule has 9 nitrogen and oxygen atoms in total. The van der Waals surface area contributed by atoms with Gasteiger partial charge in [-0.2, -0.15) is 0 Å². The number of allylic oxidation sites excluding steroid dienone is 24. The highest BCUT2D eigenvalue weighted by molar-refractivity contribution is 7.45. The summed E-state index contributed by atoms with van der Waals surface area (Å²) in [6, 6.07) is 0. The first kappa shape index (κ1) is 87.9. The highest BCUT2D eigenvalue weighted by Gasteiger charge is 2.22. The topological polar surface area (TPSA) is 111 Å². The van der Waals surface area contributed by atoms with Crippen LogP contribution in [0.4, 0.5) is 0 Å². The van der Waals surface area contributed by atoms with Crippen molar-refractivity contribution in [2.75, 3.05) is 47.5 Å². The van der Waals surface area contributed by atoms with Crippen LogP contribution in [0.5, 0.6) is 0 Å². The number of esters is 2. The number of unbranched alkanes of at least 4 members (excludes halogenated alkanes) is 30. The first-order valence-corrected chi connectivity index (χ1v) is 39.0. The van der Waals surface area contributed by atoms with Crippen molar-refractivity contribution in [2.45, 2.75) is 315 Å². The van der Waals surface area contributed by atoms with Crippen molar-refractivity contribution in [2.24, 2.45) is 0 Å². The summed E-state index contributed by atoms with van der Waals surface area (Å²) >= 11 is 0. The summed E-state index contributed by atoms with van der Waals surface area (Å²) in [4.78, 5) is 38.1. The van der Waals surface area contributed by atoms with Gasteiger partial charge < -0.3 is 27.9 Å². The number of phosphoric ester groups is 1. The predicted molar refractivity (Wildman–Crippen MR) is 397 cm³/mol. The molecule has 2 unspecified atom stereocenters. The summed E-state index contributed by atoms with van der Waals surface area (Å²) in [6.45, 7) is 4.12. The molecule has 0 fully saturated rings. The van der Waals surface area contributed by atoms with E-state index in [1.807, 2.05) is 21.1 Å². The zero-order chi connectivity index (χ0) is 66.9. The lowest BCUT2D eigenvalue weighted by atomic mass is 10.0. The molecule has 0 N–H and O–H groups in total. The minimum atomic E-state index is -4.65. The maximum absolute atomic E-state index is 12.9. The summed E-state index contributed by atoms with van der Waals surface area (Å²) in [5.74, 6) is -0.840. The second kappa shape index (κ2) is 71.2. The van der Waals surface area contributed by atoms with Gasteiger partial charge in [0.1, 0.15) is 19.8 Å². The normalized spacial score (nSPS) is 13.9. The molecule has 0 saturated carbocycles. The summed E-state index contributed by atoms with van der Waals surface area (Å²) < 4.78 is 34.4. The molecule has 0 aromatic carbocycles. The number of rotatable bonds is 68. The second-order valence-electron chi connectivity index (χ2n) is 25.9. The van der Waals surface area contributed by atoms with E-state index in [4.69, 9.17) is 18.5 Å². The summed E-state index contributed by atoms with van der Waals surface area (Å²) in [7, 11) is 1.15. The van der Waals surface area contributed by atoms with Gasteiger partial charge in [0.05, 0.1) is 27.7 Å². The van der Waals surface area contributed by atoms with Gasteiger partial charge in [-0.25, -0.2) is 0 Å². The molecule has 0 aromatic rings. The number of carbonyl (C=O) groups excluding carboxylic acids is 2. The summed E-state index contributed by atoms with van der Waals surface area (Å²) in [5.41, 5.74) is 0. The van der Waals surface area contributed by atoms with Gasteiger partial charge in [0, 0.05) is 12.8 Å². The van der Waals surface area contributed by atoms with Crippen LogP contribution < -0.4 is 4.89 Å². The maximum Gasteiger partial charge on any atom is 0.306 e. The molecule has 0 spiro atoms. The smallest absolute Gasteiger partial charge is 0.306 e. The van der Waals surface area contributed by atoms with Gasteiger partial charge in [0.15, 0.2) is 6.10 Å². The molecule has 10 heteroatoms. The highest BCUT2D eigenvalue weighted by atomic mass is 31.2. The fourth-order valence-electron chi connectivity index (χ4n) is 10.1. The third kappa shape index (κ3) is 74.9. The van der Waals surface area contributed by atoms with Crippen LogP contribution in [0.3, 0.4) is 0 Å². The number of likely N-dealkylation sites (N-methyl/N-ethyl adjacent to an activating group) is 1. The van der Waals surface area contributed by atoms with E-state index in [1.54, 1.807) is 0 Å². The van der Waals surface area contributed by atoms with Crippen molar-refractivity contribution >= 4 is 19.8 Å². The van der Waals surface area contributed by atoms with Crippen molar-refractivity contribution in [1.82, 2.24) is 0 Å². The van der Waals surface area contributed by atoms with E-state index >= 15 is 0 Å². The van der Waals surface area contributed by atoms with Gasteiger partial charge in [-0.1, -0.05) is 320 Å². The molecular formula is C82H140NO8P. The number of quaternary nitrogens is 1. The Morgan fingerprint density at radius 2 is 0.620 bits per heavy atom. The zero-order valence-corrected chi connectivity index (χ0v) is 60.8. The standard InChI is InChI=1S/C82H140NO8P/c1-6-8-10-12-14-16-18-20-22-24-26-28-30-32-34-36-38-39-40-41-42-43-45-47-49-51-53-55-57-59-61-63-65-67-69-71-73-75-82(85)91-80(79-90-92(86,87)89-77-76-83(3,4)5)78-88-81(84)74-72-70-68-66-64-62-60-58-56-54-52-50-48-46-44-37-35-33-31-29-27-25-23-21-19-17-15-13-11-9-7-2/h8,10,14,16,19-22,25-28,31-34,38-39,41-42,45,47,51,53,80H,6-7,9,11-13,15,17-18,23-24,29-30,35-37,40,43-44,46,48-50,52,54-79H2,1-5H3/b10-8-,16-14-,21-19-,22-20-,27-25-,28-26-,33-31-,34-32-,39-38-,42-41-,47-45-,53-51-. The van der Waals surface area contributed by atoms with Crippen LogP contribution in [0, 0.1) is 0 Å². The third-order valence-electron chi connectivity index (χ3n) is 15.8. The first-order chi connectivity index (χ1) is 45.0. The SMILES string of the molecule is CC/C=C\C/C=C\C/C=C\C/C=C\C/C=C\C/C=C\C/C=C\C/C=C\C/C=C\CCCCCCCCCCCC(=O)OC(COC(=O)CCCCCCCCCCCCCCCCCC/C=C\C/C=C\C/C=C\CCCCCCC)COP(=O)([O-])OCC[N+](C)(C)C. The van der Waals surface area contributed by atoms with Crippen LogP contribution in [0.25, 0.3) is 0 Å². The van der Waals surface area contributed by atoms with E-state index in [-0.39, 0.29) is 32.0 Å². The third-order valence-corrected chi connectivity index (χ3v) is 16.8. The van der Waals surface area contributed by atoms with Crippen LogP contribution in [-0.4, -0.2) is 70.0 Å². The molecule has 0 rings (SSSR count). The van der Waals surface area contributed by atoms with Crippen molar-refractivity contribution < 1.29 is 42.1 Å². The van der Waals surface area contributed by atoms with Crippen LogP contribution in [0.2, 0.25) is 0 Å². The number of hydrogen-bond donors (Lipinski definition) is 0. The Labute approximate surface area is 567 Å². The number of phosphoric acid groups is 1. The molecule has 0 radical (unpaired) electrons. The lowest BCUT2D eigenvalue weighted by Gasteiger charge is -2.28. The molecule has 0 aromatic heterocycles. The molecule has 2 atom stereocenters. The van der Waals surface area contributed by atoms with E-state index in [0.717, 1.165) is 116 Å². The van der Waals surface area contributed by atoms with Crippen molar-refractivity contribution in [3.8, 4) is 0 Å². The van der Waals surface area contributed by atoms with E-state index in [0.29, 0.717) is 17.4 Å². The summed E-state index contributed by atoms with van der Waals surface area (Å²) in [6.07, 6.45) is 105. The average Bonchev–Trinajstić information content (AvgIpc) is 2.34. The Balaban J connectivity index is 4.08. The monoisotopic (exact) mass is 1300 g/mol. The number of hydrogen-bond acceptors (Lipinski definition) is 8. The molecule has 526 valence electrons. The molecular weight excluding hydrogens is 1160 g/mol. The van der Waals surface area contributed by atoms with Gasteiger partial charge in [0.25, 0.3) is 7.82 Å². The van der Waals surface area contributed by atoms with E-state index < -0.39 is 26.5 Å². The average molecular weight is 1300 g/mol. The van der Waals surface area contributed by atoms with Gasteiger partial charge in [-0.3, -0.25) is 14.2 Å².